The predicted molar refractivity (Wildman–Crippen MR) is 66.2 cm³/mol. The van der Waals surface area contributed by atoms with E-state index in [1.165, 1.54) is 0 Å². The molecule has 2 bridgehead atoms. The number of fused-ring (bicyclic) bond motifs is 2. The van der Waals surface area contributed by atoms with E-state index in [2.05, 4.69) is 5.32 Å². The normalized spacial score (nSPS) is 44.5. The largest absolute Gasteiger partial charge is 0.479 e. The second-order valence-corrected chi connectivity index (χ2v) is 6.12. The maximum Gasteiger partial charge on any atom is 0.331 e. The van der Waals surface area contributed by atoms with Crippen molar-refractivity contribution in [1.82, 2.24) is 5.32 Å². The van der Waals surface area contributed by atoms with Gasteiger partial charge in [0.05, 0.1) is 12.5 Å². The highest BCUT2D eigenvalue weighted by molar-refractivity contribution is 5.89. The molecule has 4 N–H and O–H groups in total. The smallest absolute Gasteiger partial charge is 0.331 e. The SMILES string of the molecule is NC1C2CCC(C2)C1C(=O)NC1(C(=O)O)CCOC1. The number of nitrogens with one attached hydrogen (secondary N) is 1. The molecule has 1 amide bonds. The lowest BCUT2D eigenvalue weighted by molar-refractivity contribution is -0.148. The number of aliphatic carboxylic acids is 1. The van der Waals surface area contributed by atoms with Gasteiger partial charge in [-0.05, 0) is 31.1 Å². The van der Waals surface area contributed by atoms with E-state index in [9.17, 15) is 14.7 Å². The Morgan fingerprint density at radius 1 is 1.32 bits per heavy atom. The van der Waals surface area contributed by atoms with E-state index in [-0.39, 0.29) is 24.5 Å². The molecule has 5 unspecified atom stereocenters. The summed E-state index contributed by atoms with van der Waals surface area (Å²) in [5, 5.41) is 12.0. The van der Waals surface area contributed by atoms with Gasteiger partial charge in [0.25, 0.3) is 0 Å². The molecule has 2 aliphatic carbocycles. The lowest BCUT2D eigenvalue weighted by Crippen LogP contribution is -2.58. The van der Waals surface area contributed by atoms with Crippen molar-refractivity contribution < 1.29 is 19.4 Å². The Kier molecular flexibility index (Phi) is 3.02. The summed E-state index contributed by atoms with van der Waals surface area (Å²) in [5.41, 5.74) is 4.87. The number of rotatable bonds is 3. The zero-order chi connectivity index (χ0) is 13.6. The standard InChI is InChI=1S/C13H20N2O4/c14-10-8-2-1-7(5-8)9(10)11(16)15-13(12(17)18)3-4-19-6-13/h7-10H,1-6,14H2,(H,15,16)(H,17,18). The van der Waals surface area contributed by atoms with Crippen molar-refractivity contribution in [3.05, 3.63) is 0 Å². The minimum atomic E-state index is -1.25. The third-order valence-electron chi connectivity index (χ3n) is 5.08. The predicted octanol–water partition coefficient (Wildman–Crippen LogP) is -0.280. The van der Waals surface area contributed by atoms with Gasteiger partial charge in [-0.25, -0.2) is 4.79 Å². The highest BCUT2D eigenvalue weighted by Crippen LogP contribution is 2.47. The van der Waals surface area contributed by atoms with Gasteiger partial charge in [0.2, 0.25) is 5.91 Å². The fourth-order valence-corrected chi connectivity index (χ4v) is 3.93. The molecule has 0 aromatic rings. The Morgan fingerprint density at radius 3 is 2.58 bits per heavy atom. The van der Waals surface area contributed by atoms with Crippen molar-refractivity contribution >= 4 is 11.9 Å². The second kappa shape index (κ2) is 4.45. The number of hydrogen-bond donors (Lipinski definition) is 3. The van der Waals surface area contributed by atoms with E-state index < -0.39 is 11.5 Å². The summed E-state index contributed by atoms with van der Waals surface area (Å²) < 4.78 is 5.15. The summed E-state index contributed by atoms with van der Waals surface area (Å²) in [4.78, 5) is 23.8. The summed E-state index contributed by atoms with van der Waals surface area (Å²) in [5.74, 6) is -0.687. The lowest BCUT2D eigenvalue weighted by Gasteiger charge is -2.31. The molecule has 6 heteroatoms. The molecule has 106 valence electrons. The summed E-state index contributed by atoms with van der Waals surface area (Å²) in [6.07, 6.45) is 3.47. The third kappa shape index (κ3) is 1.94. The van der Waals surface area contributed by atoms with Crippen LogP contribution in [0.5, 0.6) is 0 Å². The number of carboxylic acids is 1. The molecular formula is C13H20N2O4. The summed E-state index contributed by atoms with van der Waals surface area (Å²) >= 11 is 0. The van der Waals surface area contributed by atoms with Crippen LogP contribution in [-0.4, -0.2) is 41.8 Å². The molecule has 1 aliphatic heterocycles. The minimum absolute atomic E-state index is 0.0458. The molecule has 0 spiro atoms. The van der Waals surface area contributed by atoms with Crippen molar-refractivity contribution in [2.24, 2.45) is 23.5 Å². The number of hydrogen-bond acceptors (Lipinski definition) is 4. The van der Waals surface area contributed by atoms with E-state index >= 15 is 0 Å². The number of ether oxygens (including phenoxy) is 1. The summed E-state index contributed by atoms with van der Waals surface area (Å²) in [7, 11) is 0. The second-order valence-electron chi connectivity index (χ2n) is 6.12. The fourth-order valence-electron chi connectivity index (χ4n) is 3.93. The molecule has 3 fully saturated rings. The molecule has 1 heterocycles. The molecule has 5 atom stereocenters. The Balaban J connectivity index is 1.73. The van der Waals surface area contributed by atoms with Crippen LogP contribution in [0.2, 0.25) is 0 Å². The van der Waals surface area contributed by atoms with Gasteiger partial charge in [-0.1, -0.05) is 0 Å². The monoisotopic (exact) mass is 268 g/mol. The van der Waals surface area contributed by atoms with Crippen LogP contribution in [-0.2, 0) is 14.3 Å². The van der Waals surface area contributed by atoms with Gasteiger partial charge < -0.3 is 20.9 Å². The van der Waals surface area contributed by atoms with Crippen LogP contribution in [0.4, 0.5) is 0 Å². The molecule has 3 aliphatic rings. The Bertz CT molecular complexity index is 403. The zero-order valence-corrected chi connectivity index (χ0v) is 10.8. The van der Waals surface area contributed by atoms with Gasteiger partial charge in [-0.15, -0.1) is 0 Å². The van der Waals surface area contributed by atoms with E-state index in [4.69, 9.17) is 10.5 Å². The van der Waals surface area contributed by atoms with Gasteiger partial charge in [-0.2, -0.15) is 0 Å². The quantitative estimate of drug-likeness (QED) is 0.653. The van der Waals surface area contributed by atoms with E-state index in [0.29, 0.717) is 24.9 Å². The first kappa shape index (κ1) is 12.9. The molecule has 0 aromatic heterocycles. The number of nitrogens with two attached hydrogens (primary N) is 1. The molecule has 0 aromatic carbocycles. The molecule has 0 radical (unpaired) electrons. The van der Waals surface area contributed by atoms with Crippen molar-refractivity contribution in [3.8, 4) is 0 Å². The molecule has 3 rings (SSSR count). The summed E-state index contributed by atoms with van der Waals surface area (Å²) in [6.45, 7) is 0.416. The van der Waals surface area contributed by atoms with E-state index in [1.807, 2.05) is 0 Å². The highest BCUT2D eigenvalue weighted by atomic mass is 16.5. The van der Waals surface area contributed by atoms with Crippen LogP contribution >= 0.6 is 0 Å². The summed E-state index contributed by atoms with van der Waals surface area (Å²) in [6, 6.07) is -0.119. The van der Waals surface area contributed by atoms with E-state index in [0.717, 1.165) is 19.3 Å². The van der Waals surface area contributed by atoms with Crippen LogP contribution in [0.1, 0.15) is 25.7 Å². The fraction of sp³-hybridized carbons (Fsp3) is 0.846. The van der Waals surface area contributed by atoms with Gasteiger partial charge in [0.1, 0.15) is 0 Å². The Morgan fingerprint density at radius 2 is 2.05 bits per heavy atom. The van der Waals surface area contributed by atoms with E-state index in [1.54, 1.807) is 0 Å². The van der Waals surface area contributed by atoms with Crippen molar-refractivity contribution in [2.75, 3.05) is 13.2 Å². The van der Waals surface area contributed by atoms with Crippen LogP contribution in [0, 0.1) is 17.8 Å². The molecule has 6 nitrogen and oxygen atoms in total. The van der Waals surface area contributed by atoms with Crippen molar-refractivity contribution in [1.29, 1.82) is 0 Å². The maximum absolute atomic E-state index is 12.4. The van der Waals surface area contributed by atoms with Crippen molar-refractivity contribution in [3.63, 3.8) is 0 Å². The van der Waals surface area contributed by atoms with Crippen molar-refractivity contribution in [2.45, 2.75) is 37.3 Å². The average molecular weight is 268 g/mol. The highest BCUT2D eigenvalue weighted by Gasteiger charge is 2.52. The van der Waals surface area contributed by atoms with Crippen LogP contribution in [0.25, 0.3) is 0 Å². The van der Waals surface area contributed by atoms with Gasteiger partial charge in [-0.3, -0.25) is 4.79 Å². The first-order chi connectivity index (χ1) is 9.03. The minimum Gasteiger partial charge on any atom is -0.479 e. The third-order valence-corrected chi connectivity index (χ3v) is 5.08. The van der Waals surface area contributed by atoms with Gasteiger partial charge in [0.15, 0.2) is 5.54 Å². The van der Waals surface area contributed by atoms with Crippen LogP contribution in [0.15, 0.2) is 0 Å². The number of amides is 1. The van der Waals surface area contributed by atoms with Gasteiger partial charge in [0, 0.05) is 19.1 Å². The number of carbonyl (C=O) groups excluding carboxylic acids is 1. The first-order valence-corrected chi connectivity index (χ1v) is 6.92. The Labute approximate surface area is 111 Å². The average Bonchev–Trinajstić information content (AvgIpc) is 3.03. The molecule has 19 heavy (non-hydrogen) atoms. The Hall–Kier alpha value is -1.14. The number of carboxylic acid groups (broad SMARTS) is 1. The zero-order valence-electron chi connectivity index (χ0n) is 10.8. The lowest BCUT2D eigenvalue weighted by atomic mass is 9.83. The maximum atomic E-state index is 12.4. The van der Waals surface area contributed by atoms with Gasteiger partial charge >= 0.3 is 5.97 Å². The topological polar surface area (TPSA) is 102 Å². The number of carbonyl (C=O) groups is 2. The van der Waals surface area contributed by atoms with Crippen LogP contribution < -0.4 is 11.1 Å². The molecule has 2 saturated carbocycles. The molecule has 1 saturated heterocycles. The first-order valence-electron chi connectivity index (χ1n) is 6.92. The van der Waals surface area contributed by atoms with Crippen LogP contribution in [0.3, 0.4) is 0 Å². The molecular weight excluding hydrogens is 248 g/mol.